The lowest BCUT2D eigenvalue weighted by atomic mass is 10.1. The van der Waals surface area contributed by atoms with Crippen LogP contribution in [0.2, 0.25) is 0 Å². The van der Waals surface area contributed by atoms with Gasteiger partial charge in [0.25, 0.3) is 5.91 Å². The van der Waals surface area contributed by atoms with E-state index in [9.17, 15) is 24.2 Å². The number of nitrogens with one attached hydrogen (secondary N) is 1. The fraction of sp³-hybridized carbons (Fsp3) is 0.190. The Morgan fingerprint density at radius 2 is 2.03 bits per heavy atom. The van der Waals surface area contributed by atoms with Gasteiger partial charge < -0.3 is 15.5 Å². The Bertz CT molecular complexity index is 1040. The van der Waals surface area contributed by atoms with E-state index in [4.69, 9.17) is 12.2 Å². The minimum Gasteiger partial charge on any atom is -0.504 e. The van der Waals surface area contributed by atoms with Gasteiger partial charge >= 0.3 is 0 Å². The van der Waals surface area contributed by atoms with Crippen LogP contribution in [0.25, 0.3) is 6.08 Å². The fourth-order valence-corrected chi connectivity index (χ4v) is 4.30. The molecule has 2 amide bonds. The molecule has 1 saturated heterocycles. The summed E-state index contributed by atoms with van der Waals surface area (Å²) in [6.07, 6.45) is 1.98. The van der Waals surface area contributed by atoms with E-state index < -0.39 is 17.8 Å². The van der Waals surface area contributed by atoms with Crippen LogP contribution in [0, 0.1) is 5.82 Å². The van der Waals surface area contributed by atoms with Gasteiger partial charge in [-0.15, -0.1) is 0 Å². The van der Waals surface area contributed by atoms with Gasteiger partial charge in [0.15, 0.2) is 11.5 Å². The molecular weight excluding hydrogens is 427 g/mol. The van der Waals surface area contributed by atoms with Crippen LogP contribution in [-0.4, -0.2) is 43.8 Å². The zero-order chi connectivity index (χ0) is 21.8. The highest BCUT2D eigenvalue weighted by atomic mass is 32.2. The van der Waals surface area contributed by atoms with Crippen LogP contribution >= 0.6 is 24.0 Å². The number of aromatic hydroxyl groups is 2. The Hall–Kier alpha value is -2.91. The third-order valence-corrected chi connectivity index (χ3v) is 5.82. The van der Waals surface area contributed by atoms with Crippen molar-refractivity contribution >= 4 is 46.2 Å². The second kappa shape index (κ2) is 9.27. The summed E-state index contributed by atoms with van der Waals surface area (Å²) in [7, 11) is 0. The Kier molecular flexibility index (Phi) is 6.73. The van der Waals surface area contributed by atoms with E-state index in [1.807, 2.05) is 0 Å². The number of halogens is 1. The van der Waals surface area contributed by atoms with E-state index in [2.05, 4.69) is 5.32 Å². The SMILES string of the molecule is CC(C(=O)NCCc1ccc(O)c(O)c1)N1C(=O)C(=Cc2cccc(F)c2)SC1=S. The average Bonchev–Trinajstić information content (AvgIpc) is 2.97. The number of carbonyl (C=O) groups excluding carboxylic acids is 2. The highest BCUT2D eigenvalue weighted by Gasteiger charge is 2.38. The molecule has 1 fully saturated rings. The molecular formula is C21H19FN2O4S2. The summed E-state index contributed by atoms with van der Waals surface area (Å²) in [5.41, 5.74) is 1.27. The van der Waals surface area contributed by atoms with Gasteiger partial charge in [-0.05, 0) is 54.8 Å². The largest absolute Gasteiger partial charge is 0.504 e. The number of rotatable bonds is 6. The van der Waals surface area contributed by atoms with Crippen molar-refractivity contribution in [2.75, 3.05) is 6.54 Å². The van der Waals surface area contributed by atoms with Crippen molar-refractivity contribution in [2.24, 2.45) is 0 Å². The van der Waals surface area contributed by atoms with Crippen LogP contribution in [0.1, 0.15) is 18.1 Å². The maximum atomic E-state index is 13.4. The molecule has 0 aliphatic carbocycles. The predicted molar refractivity (Wildman–Crippen MR) is 117 cm³/mol. The molecule has 1 unspecified atom stereocenters. The van der Waals surface area contributed by atoms with E-state index in [0.717, 1.165) is 17.3 Å². The van der Waals surface area contributed by atoms with Crippen LogP contribution in [0.15, 0.2) is 47.4 Å². The molecule has 0 aromatic heterocycles. The number of benzene rings is 2. The molecule has 0 bridgehead atoms. The lowest BCUT2D eigenvalue weighted by Gasteiger charge is -2.22. The van der Waals surface area contributed by atoms with Gasteiger partial charge in [0.1, 0.15) is 16.2 Å². The van der Waals surface area contributed by atoms with Crippen LogP contribution in [-0.2, 0) is 16.0 Å². The highest BCUT2D eigenvalue weighted by molar-refractivity contribution is 8.26. The van der Waals surface area contributed by atoms with Crippen molar-refractivity contribution in [2.45, 2.75) is 19.4 Å². The second-order valence-electron chi connectivity index (χ2n) is 6.65. The van der Waals surface area contributed by atoms with Gasteiger partial charge in [-0.25, -0.2) is 4.39 Å². The number of nitrogens with zero attached hydrogens (tertiary/aromatic N) is 1. The molecule has 1 aliphatic rings. The molecule has 0 spiro atoms. The van der Waals surface area contributed by atoms with E-state index in [-0.39, 0.29) is 28.3 Å². The van der Waals surface area contributed by atoms with E-state index in [1.54, 1.807) is 31.2 Å². The normalized spacial score (nSPS) is 16.2. The molecule has 156 valence electrons. The molecule has 0 saturated carbocycles. The highest BCUT2D eigenvalue weighted by Crippen LogP contribution is 2.34. The first-order valence-electron chi connectivity index (χ1n) is 9.07. The van der Waals surface area contributed by atoms with Gasteiger partial charge in [0.2, 0.25) is 5.91 Å². The molecule has 0 radical (unpaired) electrons. The Labute approximate surface area is 182 Å². The maximum absolute atomic E-state index is 13.4. The first-order chi connectivity index (χ1) is 14.3. The summed E-state index contributed by atoms with van der Waals surface area (Å²) in [6, 6.07) is 9.47. The Balaban J connectivity index is 1.61. The van der Waals surface area contributed by atoms with Crippen molar-refractivity contribution in [1.82, 2.24) is 10.2 Å². The van der Waals surface area contributed by atoms with Crippen molar-refractivity contribution in [3.8, 4) is 11.5 Å². The second-order valence-corrected chi connectivity index (χ2v) is 8.32. The Morgan fingerprint density at radius 3 is 2.73 bits per heavy atom. The first kappa shape index (κ1) is 21.8. The minimum atomic E-state index is -0.816. The van der Waals surface area contributed by atoms with Gasteiger partial charge in [0.05, 0.1) is 4.91 Å². The number of amides is 2. The van der Waals surface area contributed by atoms with E-state index in [1.165, 1.54) is 29.2 Å². The average molecular weight is 447 g/mol. The molecule has 1 atom stereocenters. The molecule has 1 heterocycles. The first-order valence-corrected chi connectivity index (χ1v) is 10.3. The molecule has 2 aromatic rings. The summed E-state index contributed by atoms with van der Waals surface area (Å²) in [6.45, 7) is 1.86. The molecule has 30 heavy (non-hydrogen) atoms. The molecule has 9 heteroatoms. The number of thioether (sulfide) groups is 1. The summed E-state index contributed by atoms with van der Waals surface area (Å²) < 4.78 is 13.6. The van der Waals surface area contributed by atoms with E-state index >= 15 is 0 Å². The Morgan fingerprint density at radius 1 is 1.27 bits per heavy atom. The summed E-state index contributed by atoms with van der Waals surface area (Å²) >= 11 is 6.34. The number of phenols is 2. The number of carbonyl (C=O) groups is 2. The van der Waals surface area contributed by atoms with Crippen LogP contribution in [0.5, 0.6) is 11.5 Å². The summed E-state index contributed by atoms with van der Waals surface area (Å²) in [5, 5.41) is 21.6. The third-order valence-electron chi connectivity index (χ3n) is 4.49. The standard InChI is InChI=1S/C21H19FN2O4S2/c1-12(19(27)23-8-7-13-5-6-16(25)17(26)10-13)24-20(28)18(30-21(24)29)11-14-3-2-4-15(22)9-14/h2-6,9-12,25-26H,7-8H2,1H3,(H,23,27). The number of hydrogen-bond donors (Lipinski definition) is 3. The van der Waals surface area contributed by atoms with Crippen molar-refractivity contribution in [1.29, 1.82) is 0 Å². The zero-order valence-corrected chi connectivity index (χ0v) is 17.6. The molecule has 3 rings (SSSR count). The molecule has 6 nitrogen and oxygen atoms in total. The minimum absolute atomic E-state index is 0.211. The number of hydrogen-bond acceptors (Lipinski definition) is 6. The van der Waals surface area contributed by atoms with Gasteiger partial charge in [-0.2, -0.15) is 0 Å². The summed E-state index contributed by atoms with van der Waals surface area (Å²) in [5.74, 6) is -1.62. The lowest BCUT2D eigenvalue weighted by molar-refractivity contribution is -0.132. The molecule has 2 aromatic carbocycles. The van der Waals surface area contributed by atoms with Crippen molar-refractivity contribution in [3.63, 3.8) is 0 Å². The monoisotopic (exact) mass is 446 g/mol. The maximum Gasteiger partial charge on any atom is 0.266 e. The quantitative estimate of drug-likeness (QED) is 0.359. The number of phenolic OH excluding ortho intramolecular Hbond substituents is 2. The predicted octanol–water partition coefficient (Wildman–Crippen LogP) is 3.19. The lowest BCUT2D eigenvalue weighted by Crippen LogP contribution is -2.47. The van der Waals surface area contributed by atoms with Crippen molar-refractivity contribution in [3.05, 3.63) is 64.3 Å². The van der Waals surface area contributed by atoms with Crippen molar-refractivity contribution < 1.29 is 24.2 Å². The van der Waals surface area contributed by atoms with Gasteiger partial charge in [-0.1, -0.05) is 42.2 Å². The zero-order valence-electron chi connectivity index (χ0n) is 16.0. The molecule has 3 N–H and O–H groups in total. The van der Waals surface area contributed by atoms with Crippen LogP contribution in [0.4, 0.5) is 4.39 Å². The third kappa shape index (κ3) is 4.98. The molecule has 1 aliphatic heterocycles. The van der Waals surface area contributed by atoms with Crippen LogP contribution in [0.3, 0.4) is 0 Å². The fourth-order valence-electron chi connectivity index (χ4n) is 2.88. The van der Waals surface area contributed by atoms with E-state index in [0.29, 0.717) is 16.9 Å². The van der Waals surface area contributed by atoms with Gasteiger partial charge in [-0.3, -0.25) is 14.5 Å². The van der Waals surface area contributed by atoms with Crippen LogP contribution < -0.4 is 5.32 Å². The summed E-state index contributed by atoms with van der Waals surface area (Å²) in [4.78, 5) is 26.8. The number of thiocarbonyl (C=S) groups is 1. The topological polar surface area (TPSA) is 89.9 Å². The van der Waals surface area contributed by atoms with Gasteiger partial charge in [0, 0.05) is 6.54 Å². The smallest absolute Gasteiger partial charge is 0.266 e.